The molecule has 100 valence electrons. The highest BCUT2D eigenvalue weighted by Crippen LogP contribution is 2.23. The predicted octanol–water partition coefficient (Wildman–Crippen LogP) is 2.68. The van der Waals surface area contributed by atoms with Crippen molar-refractivity contribution < 1.29 is 9.31 Å². The second kappa shape index (κ2) is 4.37. The molecule has 0 atom stereocenters. The summed E-state index contributed by atoms with van der Waals surface area (Å²) in [6.07, 6.45) is 1.19. The monoisotopic (exact) mass is 272 g/mol. The number of pyridine rings is 1. The highest BCUT2D eigenvalue weighted by molar-refractivity contribution is 5.80. The van der Waals surface area contributed by atoms with E-state index in [-0.39, 0.29) is 11.6 Å². The number of fused-ring (bicyclic) bond motifs is 1. The molecule has 6 nitrogen and oxygen atoms in total. The molecular weight excluding hydrogens is 263 g/mol. The SMILES string of the molecule is Cn1c([N+](=O)[O-])cnc1-c1ccc2cc(F)ccc2n1. The van der Waals surface area contributed by atoms with Crippen LogP contribution in [0.3, 0.4) is 0 Å². The van der Waals surface area contributed by atoms with Crippen molar-refractivity contribution in [2.75, 3.05) is 0 Å². The van der Waals surface area contributed by atoms with Gasteiger partial charge >= 0.3 is 5.82 Å². The van der Waals surface area contributed by atoms with Crippen LogP contribution in [0, 0.1) is 15.9 Å². The molecule has 3 rings (SSSR count). The third kappa shape index (κ3) is 1.89. The molecule has 3 aromatic rings. The van der Waals surface area contributed by atoms with Gasteiger partial charge in [0.1, 0.15) is 17.7 Å². The first kappa shape index (κ1) is 12.2. The summed E-state index contributed by atoms with van der Waals surface area (Å²) < 4.78 is 14.5. The zero-order chi connectivity index (χ0) is 14.3. The van der Waals surface area contributed by atoms with Gasteiger partial charge in [0.2, 0.25) is 5.82 Å². The van der Waals surface area contributed by atoms with Crippen LogP contribution in [0.25, 0.3) is 22.4 Å². The van der Waals surface area contributed by atoms with E-state index in [0.717, 1.165) is 0 Å². The molecule has 0 fully saturated rings. The number of rotatable bonds is 2. The first-order chi connectivity index (χ1) is 9.56. The van der Waals surface area contributed by atoms with Crippen LogP contribution < -0.4 is 0 Å². The molecule has 0 saturated heterocycles. The first-order valence-corrected chi connectivity index (χ1v) is 5.79. The topological polar surface area (TPSA) is 73.8 Å². The summed E-state index contributed by atoms with van der Waals surface area (Å²) in [5.41, 5.74) is 1.11. The molecular formula is C13H9FN4O2. The van der Waals surface area contributed by atoms with E-state index in [0.29, 0.717) is 22.4 Å². The average molecular weight is 272 g/mol. The van der Waals surface area contributed by atoms with E-state index in [4.69, 9.17) is 0 Å². The molecule has 0 radical (unpaired) electrons. The van der Waals surface area contributed by atoms with Crippen LogP contribution in [-0.2, 0) is 7.05 Å². The van der Waals surface area contributed by atoms with E-state index < -0.39 is 4.92 Å². The number of hydrogen-bond acceptors (Lipinski definition) is 4. The lowest BCUT2D eigenvalue weighted by molar-refractivity contribution is -0.391. The van der Waals surface area contributed by atoms with Crippen molar-refractivity contribution in [3.05, 3.63) is 52.5 Å². The molecule has 0 aliphatic heterocycles. The maximum atomic E-state index is 13.1. The molecule has 0 aliphatic rings. The van der Waals surface area contributed by atoms with Gasteiger partial charge in [0.05, 0.1) is 12.6 Å². The smallest absolute Gasteiger partial charge is 0.342 e. The Morgan fingerprint density at radius 2 is 2.10 bits per heavy atom. The Morgan fingerprint density at radius 1 is 1.30 bits per heavy atom. The van der Waals surface area contributed by atoms with Crippen molar-refractivity contribution in [2.24, 2.45) is 7.05 Å². The van der Waals surface area contributed by atoms with Crippen molar-refractivity contribution in [3.8, 4) is 11.5 Å². The number of benzene rings is 1. The number of nitro groups is 1. The van der Waals surface area contributed by atoms with E-state index in [1.54, 1.807) is 25.2 Å². The van der Waals surface area contributed by atoms with Gasteiger partial charge in [-0.05, 0) is 29.2 Å². The summed E-state index contributed by atoms with van der Waals surface area (Å²) in [4.78, 5) is 18.7. The third-order valence-corrected chi connectivity index (χ3v) is 3.03. The Kier molecular flexibility index (Phi) is 2.67. The molecule has 2 heterocycles. The Balaban J connectivity index is 2.15. The predicted molar refractivity (Wildman–Crippen MR) is 70.6 cm³/mol. The average Bonchev–Trinajstić information content (AvgIpc) is 2.80. The van der Waals surface area contributed by atoms with Gasteiger partial charge in [0.15, 0.2) is 0 Å². The van der Waals surface area contributed by atoms with Crippen LogP contribution in [0.2, 0.25) is 0 Å². The van der Waals surface area contributed by atoms with Crippen molar-refractivity contribution in [1.29, 1.82) is 0 Å². The molecule has 0 bridgehead atoms. The fourth-order valence-corrected chi connectivity index (χ4v) is 2.03. The summed E-state index contributed by atoms with van der Waals surface area (Å²) >= 11 is 0. The summed E-state index contributed by atoms with van der Waals surface area (Å²) in [5, 5.41) is 11.5. The molecule has 0 aliphatic carbocycles. The lowest BCUT2D eigenvalue weighted by atomic mass is 10.2. The van der Waals surface area contributed by atoms with E-state index in [9.17, 15) is 14.5 Å². The summed E-state index contributed by atoms with van der Waals surface area (Å²) in [7, 11) is 1.55. The maximum Gasteiger partial charge on any atom is 0.342 e. The Labute approximate surface area is 112 Å². The van der Waals surface area contributed by atoms with Crippen LogP contribution in [0.1, 0.15) is 0 Å². The van der Waals surface area contributed by atoms with Crippen molar-refractivity contribution in [1.82, 2.24) is 14.5 Å². The number of imidazole rings is 1. The fourth-order valence-electron chi connectivity index (χ4n) is 2.03. The largest absolute Gasteiger partial charge is 0.358 e. The standard InChI is InChI=1S/C13H9FN4O2/c1-17-12(18(19)20)7-15-13(17)11-4-2-8-6-9(14)3-5-10(8)16-11/h2-7H,1H3. The third-order valence-electron chi connectivity index (χ3n) is 3.03. The normalized spacial score (nSPS) is 10.9. The van der Waals surface area contributed by atoms with Gasteiger partial charge in [-0.2, -0.15) is 0 Å². The highest BCUT2D eigenvalue weighted by atomic mass is 19.1. The Morgan fingerprint density at radius 3 is 2.80 bits per heavy atom. The van der Waals surface area contributed by atoms with Crippen LogP contribution >= 0.6 is 0 Å². The Hall–Kier alpha value is -2.83. The summed E-state index contributed by atoms with van der Waals surface area (Å²) in [5.74, 6) is -0.0522. The van der Waals surface area contributed by atoms with Gasteiger partial charge in [-0.15, -0.1) is 0 Å². The van der Waals surface area contributed by atoms with Crippen molar-refractivity contribution >= 4 is 16.7 Å². The second-order valence-corrected chi connectivity index (χ2v) is 4.29. The van der Waals surface area contributed by atoms with Crippen LogP contribution in [0.5, 0.6) is 0 Å². The minimum absolute atomic E-state index is 0.110. The Bertz CT molecular complexity index is 828. The van der Waals surface area contributed by atoms with Crippen LogP contribution in [0.15, 0.2) is 36.5 Å². The zero-order valence-electron chi connectivity index (χ0n) is 10.4. The molecule has 7 heteroatoms. The van der Waals surface area contributed by atoms with Crippen molar-refractivity contribution in [3.63, 3.8) is 0 Å². The molecule has 2 aromatic heterocycles. The van der Waals surface area contributed by atoms with Gasteiger partial charge in [-0.25, -0.2) is 18.9 Å². The number of hydrogen-bond donors (Lipinski definition) is 0. The lowest BCUT2D eigenvalue weighted by Crippen LogP contribution is -2.00. The minimum atomic E-state index is -0.507. The van der Waals surface area contributed by atoms with Gasteiger partial charge < -0.3 is 10.1 Å². The lowest BCUT2D eigenvalue weighted by Gasteiger charge is -2.01. The summed E-state index contributed by atoms with van der Waals surface area (Å²) in [6, 6.07) is 7.63. The van der Waals surface area contributed by atoms with Gasteiger partial charge in [0, 0.05) is 5.39 Å². The van der Waals surface area contributed by atoms with E-state index >= 15 is 0 Å². The van der Waals surface area contributed by atoms with Gasteiger partial charge in [0.25, 0.3) is 0 Å². The molecule has 1 aromatic carbocycles. The summed E-state index contributed by atoms with van der Waals surface area (Å²) in [6.45, 7) is 0. The quantitative estimate of drug-likeness (QED) is 0.531. The molecule has 20 heavy (non-hydrogen) atoms. The fraction of sp³-hybridized carbons (Fsp3) is 0.0769. The van der Waals surface area contributed by atoms with Crippen LogP contribution in [0.4, 0.5) is 10.2 Å². The van der Waals surface area contributed by atoms with E-state index in [1.807, 2.05) is 0 Å². The van der Waals surface area contributed by atoms with Gasteiger partial charge in [-0.3, -0.25) is 0 Å². The van der Waals surface area contributed by atoms with Crippen molar-refractivity contribution in [2.45, 2.75) is 0 Å². The number of halogens is 1. The second-order valence-electron chi connectivity index (χ2n) is 4.29. The molecule has 0 amide bonds. The van der Waals surface area contributed by atoms with Gasteiger partial charge in [-0.1, -0.05) is 6.07 Å². The zero-order valence-corrected chi connectivity index (χ0v) is 10.4. The number of aromatic nitrogens is 3. The first-order valence-electron chi connectivity index (χ1n) is 5.79. The molecule has 0 N–H and O–H groups in total. The number of nitrogens with zero attached hydrogens (tertiary/aromatic N) is 4. The molecule has 0 saturated carbocycles. The highest BCUT2D eigenvalue weighted by Gasteiger charge is 2.19. The molecule has 0 unspecified atom stereocenters. The van der Waals surface area contributed by atoms with Crippen LogP contribution in [-0.4, -0.2) is 19.5 Å². The van der Waals surface area contributed by atoms with E-state index in [2.05, 4.69) is 9.97 Å². The maximum absolute atomic E-state index is 13.1. The molecule has 0 spiro atoms. The minimum Gasteiger partial charge on any atom is -0.358 e. The van der Waals surface area contributed by atoms with E-state index in [1.165, 1.54) is 22.9 Å².